The first-order valence-corrected chi connectivity index (χ1v) is 8.54. The number of halogens is 4. The number of methoxy groups -OCH3 is 1. The summed E-state index contributed by atoms with van der Waals surface area (Å²) in [6.45, 7) is 5.69. The van der Waals surface area contributed by atoms with E-state index in [2.05, 4.69) is 10.3 Å². The predicted molar refractivity (Wildman–Crippen MR) is 106 cm³/mol. The minimum Gasteiger partial charge on any atom is -0.469 e. The Bertz CT molecular complexity index is 463. The van der Waals surface area contributed by atoms with Crippen LogP contribution in [0, 0.1) is 11.8 Å². The van der Waals surface area contributed by atoms with Gasteiger partial charge in [-0.1, -0.05) is 6.92 Å². The topological polar surface area (TPSA) is 57.2 Å². The Morgan fingerprint density at radius 3 is 2.58 bits per heavy atom. The quantitative estimate of drug-likeness (QED) is 0.194. The lowest BCUT2D eigenvalue weighted by molar-refractivity contribution is -0.146. The molecule has 1 N–H and O–H groups in total. The highest BCUT2D eigenvalue weighted by atomic mass is 127. The number of alkyl halides is 3. The van der Waals surface area contributed by atoms with Crippen LogP contribution in [0.5, 0.6) is 0 Å². The number of ether oxygens (including phenoxy) is 1. The van der Waals surface area contributed by atoms with Gasteiger partial charge in [-0.25, -0.2) is 0 Å². The fraction of sp³-hybridized carbons (Fsp3) is 0.875. The molecule has 10 heteroatoms. The fourth-order valence-corrected chi connectivity index (χ4v) is 2.93. The maximum absolute atomic E-state index is 12.3. The number of hydrogen-bond acceptors (Lipinski definition) is 4. The lowest BCUT2D eigenvalue weighted by atomic mass is 9.99. The summed E-state index contributed by atoms with van der Waals surface area (Å²) in [5.74, 6) is 0.444. The maximum Gasteiger partial charge on any atom is 0.401 e. The SMILES string of the molecule is CCNC(=NCCCN(C)CC(F)(F)F)N1CC(C)C(C(=O)OC)C1.I. The van der Waals surface area contributed by atoms with E-state index >= 15 is 0 Å². The number of guanidine groups is 1. The number of nitrogens with zero attached hydrogens (tertiary/aromatic N) is 3. The van der Waals surface area contributed by atoms with Crippen LogP contribution >= 0.6 is 24.0 Å². The van der Waals surface area contributed by atoms with Gasteiger partial charge in [0.15, 0.2) is 5.96 Å². The fourth-order valence-electron chi connectivity index (χ4n) is 2.93. The highest BCUT2D eigenvalue weighted by Gasteiger charge is 2.36. The third-order valence-corrected chi connectivity index (χ3v) is 4.16. The Kier molecular flexibility index (Phi) is 11.5. The van der Waals surface area contributed by atoms with Gasteiger partial charge in [0.25, 0.3) is 0 Å². The van der Waals surface area contributed by atoms with Crippen molar-refractivity contribution in [1.82, 2.24) is 15.1 Å². The van der Waals surface area contributed by atoms with E-state index in [1.54, 1.807) is 0 Å². The van der Waals surface area contributed by atoms with Gasteiger partial charge >= 0.3 is 12.1 Å². The average molecular weight is 494 g/mol. The molecule has 0 bridgehead atoms. The predicted octanol–water partition coefficient (Wildman–Crippen LogP) is 2.20. The molecule has 1 rings (SSSR count). The van der Waals surface area contributed by atoms with Crippen molar-refractivity contribution in [2.45, 2.75) is 26.4 Å². The summed E-state index contributed by atoms with van der Waals surface area (Å²) in [4.78, 5) is 19.5. The van der Waals surface area contributed by atoms with Crippen LogP contribution < -0.4 is 5.32 Å². The van der Waals surface area contributed by atoms with Crippen LogP contribution in [0.2, 0.25) is 0 Å². The standard InChI is InChI=1S/C16H29F3N4O2.HI/c1-5-20-15(21-7-6-8-22(3)11-16(17,18)19)23-9-12(2)13(10-23)14(24)25-4;/h12-13H,5-11H2,1-4H3,(H,20,21);1H. The van der Waals surface area contributed by atoms with Gasteiger partial charge in [-0.2, -0.15) is 13.2 Å². The summed E-state index contributed by atoms with van der Waals surface area (Å²) >= 11 is 0. The summed E-state index contributed by atoms with van der Waals surface area (Å²) in [6, 6.07) is 0. The van der Waals surface area contributed by atoms with Crippen molar-refractivity contribution in [3.8, 4) is 0 Å². The van der Waals surface area contributed by atoms with Gasteiger partial charge in [0, 0.05) is 26.2 Å². The zero-order chi connectivity index (χ0) is 19.0. The van der Waals surface area contributed by atoms with Crippen LogP contribution in [-0.2, 0) is 9.53 Å². The lowest BCUT2D eigenvalue weighted by Gasteiger charge is -2.22. The monoisotopic (exact) mass is 494 g/mol. The Morgan fingerprint density at radius 1 is 1.38 bits per heavy atom. The van der Waals surface area contributed by atoms with Crippen molar-refractivity contribution in [3.63, 3.8) is 0 Å². The molecule has 1 heterocycles. The second kappa shape index (κ2) is 11.8. The molecule has 0 aromatic rings. The largest absolute Gasteiger partial charge is 0.469 e. The molecule has 154 valence electrons. The Morgan fingerprint density at radius 2 is 2.04 bits per heavy atom. The first kappa shape index (κ1) is 25.2. The second-order valence-corrected chi connectivity index (χ2v) is 6.45. The summed E-state index contributed by atoms with van der Waals surface area (Å²) in [5.41, 5.74) is 0. The molecule has 1 fully saturated rings. The van der Waals surface area contributed by atoms with Crippen molar-refractivity contribution in [2.24, 2.45) is 16.8 Å². The van der Waals surface area contributed by atoms with Gasteiger partial charge in [0.05, 0.1) is 19.6 Å². The van der Waals surface area contributed by atoms with Crippen molar-refractivity contribution in [3.05, 3.63) is 0 Å². The minimum absolute atomic E-state index is 0. The van der Waals surface area contributed by atoms with Crippen LogP contribution in [0.15, 0.2) is 4.99 Å². The molecule has 0 amide bonds. The number of rotatable bonds is 7. The minimum atomic E-state index is -4.18. The zero-order valence-corrected chi connectivity index (χ0v) is 18.1. The Labute approximate surface area is 170 Å². The van der Waals surface area contributed by atoms with Gasteiger partial charge in [-0.15, -0.1) is 24.0 Å². The molecular formula is C16H30F3IN4O2. The first-order valence-electron chi connectivity index (χ1n) is 8.54. The number of carbonyl (C=O) groups is 1. The molecule has 0 spiro atoms. The summed E-state index contributed by atoms with van der Waals surface area (Å²) in [5, 5.41) is 3.18. The van der Waals surface area contributed by atoms with Gasteiger partial charge in [0.1, 0.15) is 0 Å². The molecule has 0 aliphatic carbocycles. The van der Waals surface area contributed by atoms with Gasteiger partial charge in [0.2, 0.25) is 0 Å². The number of nitrogens with one attached hydrogen (secondary N) is 1. The molecule has 6 nitrogen and oxygen atoms in total. The van der Waals surface area contributed by atoms with E-state index in [0.717, 1.165) is 0 Å². The molecule has 0 radical (unpaired) electrons. The molecule has 2 unspecified atom stereocenters. The van der Waals surface area contributed by atoms with Crippen LogP contribution in [0.4, 0.5) is 13.2 Å². The Hall–Kier alpha value is -0.780. The molecule has 1 aliphatic rings. The number of hydrogen-bond donors (Lipinski definition) is 1. The highest BCUT2D eigenvalue weighted by molar-refractivity contribution is 14.0. The van der Waals surface area contributed by atoms with Crippen LogP contribution in [0.3, 0.4) is 0 Å². The summed E-state index contributed by atoms with van der Waals surface area (Å²) in [7, 11) is 2.83. The van der Waals surface area contributed by atoms with Gasteiger partial charge in [-0.05, 0) is 32.9 Å². The molecule has 1 aliphatic heterocycles. The van der Waals surface area contributed by atoms with Crippen LogP contribution in [0.25, 0.3) is 0 Å². The second-order valence-electron chi connectivity index (χ2n) is 6.45. The third kappa shape index (κ3) is 8.74. The number of aliphatic imine (C=N–C) groups is 1. The highest BCUT2D eigenvalue weighted by Crippen LogP contribution is 2.24. The average Bonchev–Trinajstić information content (AvgIpc) is 2.89. The number of likely N-dealkylation sites (tertiary alicyclic amines) is 1. The zero-order valence-electron chi connectivity index (χ0n) is 15.8. The molecule has 0 aromatic carbocycles. The maximum atomic E-state index is 12.3. The van der Waals surface area contributed by atoms with E-state index in [1.807, 2.05) is 18.7 Å². The summed E-state index contributed by atoms with van der Waals surface area (Å²) in [6.07, 6.45) is -3.65. The number of esters is 1. The Balaban J connectivity index is 0.00000625. The molecule has 2 atom stereocenters. The number of carbonyl (C=O) groups excluding carboxylic acids is 1. The van der Waals surface area contributed by atoms with Gasteiger partial charge in [-0.3, -0.25) is 14.7 Å². The van der Waals surface area contributed by atoms with Crippen molar-refractivity contribution in [2.75, 3.05) is 53.4 Å². The van der Waals surface area contributed by atoms with E-state index in [9.17, 15) is 18.0 Å². The normalized spacial score (nSPS) is 20.9. The van der Waals surface area contributed by atoms with E-state index in [4.69, 9.17) is 4.74 Å². The first-order chi connectivity index (χ1) is 11.7. The smallest absolute Gasteiger partial charge is 0.401 e. The van der Waals surface area contributed by atoms with E-state index in [1.165, 1.54) is 19.1 Å². The molecule has 26 heavy (non-hydrogen) atoms. The van der Waals surface area contributed by atoms with E-state index in [0.29, 0.717) is 45.1 Å². The molecule has 0 aromatic heterocycles. The van der Waals surface area contributed by atoms with E-state index < -0.39 is 12.7 Å². The van der Waals surface area contributed by atoms with Crippen molar-refractivity contribution < 1.29 is 22.7 Å². The molecule has 1 saturated heterocycles. The lowest BCUT2D eigenvalue weighted by Crippen LogP contribution is -2.40. The van der Waals surface area contributed by atoms with Crippen molar-refractivity contribution >= 4 is 35.9 Å². The van der Waals surface area contributed by atoms with Gasteiger partial charge < -0.3 is 15.0 Å². The molecular weight excluding hydrogens is 464 g/mol. The molecule has 0 saturated carbocycles. The van der Waals surface area contributed by atoms with Crippen LogP contribution in [-0.4, -0.2) is 81.3 Å². The third-order valence-electron chi connectivity index (χ3n) is 4.16. The summed E-state index contributed by atoms with van der Waals surface area (Å²) < 4.78 is 41.7. The van der Waals surface area contributed by atoms with Crippen molar-refractivity contribution in [1.29, 1.82) is 0 Å². The van der Waals surface area contributed by atoms with Crippen LogP contribution in [0.1, 0.15) is 20.3 Å². The van der Waals surface area contributed by atoms with E-state index in [-0.39, 0.29) is 41.8 Å².